The molecule has 0 saturated carbocycles. The van der Waals surface area contributed by atoms with Crippen LogP contribution in [-0.2, 0) is 11.2 Å². The molecule has 0 bridgehead atoms. The maximum atomic E-state index is 11.1. The highest BCUT2D eigenvalue weighted by Crippen LogP contribution is 2.07. The lowest BCUT2D eigenvalue weighted by molar-refractivity contribution is -0.119. The highest BCUT2D eigenvalue weighted by atomic mass is 16.1. The van der Waals surface area contributed by atoms with Gasteiger partial charge in [-0.2, -0.15) is 0 Å². The van der Waals surface area contributed by atoms with Gasteiger partial charge in [0.2, 0.25) is 5.91 Å². The van der Waals surface area contributed by atoms with Gasteiger partial charge in [0.05, 0.1) is 0 Å². The Hall–Kier alpha value is -1.64. The number of benzene rings is 1. The van der Waals surface area contributed by atoms with Crippen molar-refractivity contribution in [2.45, 2.75) is 33.2 Å². The Balaban J connectivity index is 2.61. The normalized spacial score (nSPS) is 11.9. The Labute approximate surface area is 95.9 Å². The number of carbonyl (C=O) groups is 2. The highest BCUT2D eigenvalue weighted by Gasteiger charge is 2.05. The number of hydrogen-bond acceptors (Lipinski definition) is 2. The van der Waals surface area contributed by atoms with Crippen molar-refractivity contribution in [3.8, 4) is 0 Å². The SMILES string of the molecule is CC(=O)N[C@H](C)Cc1ccc(C(C)=O)cc1. The fourth-order valence-corrected chi connectivity index (χ4v) is 1.63. The lowest BCUT2D eigenvalue weighted by Crippen LogP contribution is -2.31. The third kappa shape index (κ3) is 3.85. The van der Waals surface area contributed by atoms with Crippen LogP contribution in [0.15, 0.2) is 24.3 Å². The minimum Gasteiger partial charge on any atom is -0.354 e. The smallest absolute Gasteiger partial charge is 0.217 e. The van der Waals surface area contributed by atoms with Gasteiger partial charge in [-0.15, -0.1) is 0 Å². The first-order valence-corrected chi connectivity index (χ1v) is 5.36. The Morgan fingerprint density at radius 2 is 1.75 bits per heavy atom. The summed E-state index contributed by atoms with van der Waals surface area (Å²) < 4.78 is 0. The minimum absolute atomic E-state index is 0.0205. The Kier molecular flexibility index (Phi) is 4.23. The van der Waals surface area contributed by atoms with Crippen molar-refractivity contribution in [2.75, 3.05) is 0 Å². The van der Waals surface area contributed by atoms with E-state index in [1.807, 2.05) is 31.2 Å². The largest absolute Gasteiger partial charge is 0.354 e. The number of nitrogens with one attached hydrogen (secondary N) is 1. The van der Waals surface area contributed by atoms with E-state index in [1.54, 1.807) is 6.92 Å². The van der Waals surface area contributed by atoms with Gasteiger partial charge >= 0.3 is 0 Å². The average Bonchev–Trinajstić information content (AvgIpc) is 2.16. The molecule has 0 fully saturated rings. The van der Waals surface area contributed by atoms with Gasteiger partial charge in [-0.3, -0.25) is 9.59 Å². The van der Waals surface area contributed by atoms with Crippen LogP contribution < -0.4 is 5.32 Å². The number of Topliss-reactive ketones (excluding diaryl/α,β-unsaturated/α-hetero) is 1. The summed E-state index contributed by atoms with van der Waals surface area (Å²) in [6, 6.07) is 7.60. The van der Waals surface area contributed by atoms with Crippen molar-refractivity contribution in [2.24, 2.45) is 0 Å². The average molecular weight is 219 g/mol. The number of ketones is 1. The number of hydrogen-bond donors (Lipinski definition) is 1. The zero-order valence-electron chi connectivity index (χ0n) is 9.91. The monoisotopic (exact) mass is 219 g/mol. The van der Waals surface area contributed by atoms with Crippen LogP contribution in [0.4, 0.5) is 0 Å². The van der Waals surface area contributed by atoms with E-state index in [2.05, 4.69) is 5.32 Å². The molecule has 3 nitrogen and oxygen atoms in total. The van der Waals surface area contributed by atoms with E-state index in [1.165, 1.54) is 6.92 Å². The molecule has 0 saturated heterocycles. The van der Waals surface area contributed by atoms with Crippen LogP contribution in [0, 0.1) is 0 Å². The zero-order valence-corrected chi connectivity index (χ0v) is 9.91. The standard InChI is InChI=1S/C13H17NO2/c1-9(14-11(3)16)8-12-4-6-13(7-5-12)10(2)15/h4-7,9H,8H2,1-3H3,(H,14,16)/t9-/m1/s1. The van der Waals surface area contributed by atoms with Crippen LogP contribution in [0.2, 0.25) is 0 Å². The summed E-state index contributed by atoms with van der Waals surface area (Å²) in [4.78, 5) is 21.9. The van der Waals surface area contributed by atoms with Gasteiger partial charge in [0.1, 0.15) is 0 Å². The molecule has 1 atom stereocenters. The second-order valence-corrected chi connectivity index (χ2v) is 4.06. The van der Waals surface area contributed by atoms with Crippen LogP contribution in [0.3, 0.4) is 0 Å². The maximum absolute atomic E-state index is 11.1. The van der Waals surface area contributed by atoms with Crippen molar-refractivity contribution in [3.63, 3.8) is 0 Å². The summed E-state index contributed by atoms with van der Waals surface area (Å²) in [5.74, 6) is 0.0503. The molecular formula is C13H17NO2. The van der Waals surface area contributed by atoms with Crippen LogP contribution >= 0.6 is 0 Å². The van der Waals surface area contributed by atoms with Crippen LogP contribution in [-0.4, -0.2) is 17.7 Å². The van der Waals surface area contributed by atoms with E-state index in [0.29, 0.717) is 0 Å². The highest BCUT2D eigenvalue weighted by molar-refractivity contribution is 5.94. The third-order valence-electron chi connectivity index (χ3n) is 2.35. The van der Waals surface area contributed by atoms with Crippen molar-refractivity contribution in [1.29, 1.82) is 0 Å². The van der Waals surface area contributed by atoms with E-state index in [-0.39, 0.29) is 17.7 Å². The molecule has 1 N–H and O–H groups in total. The lowest BCUT2D eigenvalue weighted by atomic mass is 10.0. The quantitative estimate of drug-likeness (QED) is 0.787. The van der Waals surface area contributed by atoms with Gasteiger partial charge in [-0.1, -0.05) is 24.3 Å². The molecule has 0 aliphatic rings. The van der Waals surface area contributed by atoms with Gasteiger partial charge in [-0.25, -0.2) is 0 Å². The molecule has 0 aliphatic carbocycles. The van der Waals surface area contributed by atoms with Crippen molar-refractivity contribution < 1.29 is 9.59 Å². The first kappa shape index (κ1) is 12.4. The second-order valence-electron chi connectivity index (χ2n) is 4.06. The van der Waals surface area contributed by atoms with Gasteiger partial charge in [0.25, 0.3) is 0 Å². The predicted molar refractivity (Wildman–Crippen MR) is 63.4 cm³/mol. The molecule has 1 amide bonds. The second kappa shape index (κ2) is 5.45. The molecular weight excluding hydrogens is 202 g/mol. The number of amides is 1. The van der Waals surface area contributed by atoms with Gasteiger partial charge in [0.15, 0.2) is 5.78 Å². The molecule has 0 heterocycles. The van der Waals surface area contributed by atoms with Crippen LogP contribution in [0.5, 0.6) is 0 Å². The molecule has 0 radical (unpaired) electrons. The number of carbonyl (C=O) groups excluding carboxylic acids is 2. The topological polar surface area (TPSA) is 46.2 Å². The molecule has 0 aromatic heterocycles. The Morgan fingerprint density at radius 1 is 1.19 bits per heavy atom. The van der Waals surface area contributed by atoms with Crippen molar-refractivity contribution in [3.05, 3.63) is 35.4 Å². The molecule has 0 unspecified atom stereocenters. The van der Waals surface area contributed by atoms with Crippen molar-refractivity contribution >= 4 is 11.7 Å². The maximum Gasteiger partial charge on any atom is 0.217 e. The van der Waals surface area contributed by atoms with E-state index in [9.17, 15) is 9.59 Å². The summed E-state index contributed by atoms with van der Waals surface area (Å²) in [5.41, 5.74) is 1.84. The predicted octanol–water partition coefficient (Wildman–Crippen LogP) is 1.96. The van der Waals surface area contributed by atoms with Crippen molar-refractivity contribution in [1.82, 2.24) is 5.32 Å². The molecule has 1 rings (SSSR count). The Bertz CT molecular complexity index is 381. The summed E-state index contributed by atoms with van der Waals surface area (Å²) in [6.07, 6.45) is 0.776. The number of rotatable bonds is 4. The fraction of sp³-hybridized carbons (Fsp3) is 0.385. The first-order valence-electron chi connectivity index (χ1n) is 5.36. The summed E-state index contributed by atoms with van der Waals surface area (Å²) in [7, 11) is 0. The summed E-state index contributed by atoms with van der Waals surface area (Å²) in [5, 5.41) is 2.82. The van der Waals surface area contributed by atoms with E-state index in [0.717, 1.165) is 17.5 Å². The van der Waals surface area contributed by atoms with Crippen LogP contribution in [0.1, 0.15) is 36.7 Å². The summed E-state index contributed by atoms with van der Waals surface area (Å²) in [6.45, 7) is 5.02. The molecule has 86 valence electrons. The summed E-state index contributed by atoms with van der Waals surface area (Å²) >= 11 is 0. The first-order chi connectivity index (χ1) is 7.49. The van der Waals surface area contributed by atoms with Gasteiger partial charge in [0, 0.05) is 18.5 Å². The fourth-order valence-electron chi connectivity index (χ4n) is 1.63. The molecule has 0 spiro atoms. The van der Waals surface area contributed by atoms with E-state index < -0.39 is 0 Å². The van der Waals surface area contributed by atoms with E-state index >= 15 is 0 Å². The molecule has 1 aromatic carbocycles. The molecule has 1 aromatic rings. The molecule has 16 heavy (non-hydrogen) atoms. The third-order valence-corrected chi connectivity index (χ3v) is 2.35. The zero-order chi connectivity index (χ0) is 12.1. The van der Waals surface area contributed by atoms with Gasteiger partial charge < -0.3 is 5.32 Å². The van der Waals surface area contributed by atoms with Gasteiger partial charge in [-0.05, 0) is 25.8 Å². The van der Waals surface area contributed by atoms with E-state index in [4.69, 9.17) is 0 Å². The minimum atomic E-state index is -0.0205. The Morgan fingerprint density at radius 3 is 2.19 bits per heavy atom. The molecule has 3 heteroatoms. The lowest BCUT2D eigenvalue weighted by Gasteiger charge is -2.12. The van der Waals surface area contributed by atoms with Crippen LogP contribution in [0.25, 0.3) is 0 Å². The molecule has 0 aliphatic heterocycles.